The van der Waals surface area contributed by atoms with Gasteiger partial charge in [0.05, 0.1) is 12.1 Å². The van der Waals surface area contributed by atoms with Crippen LogP contribution < -0.4 is 4.90 Å². The van der Waals surface area contributed by atoms with Crippen LogP contribution in [0.25, 0.3) is 0 Å². The summed E-state index contributed by atoms with van der Waals surface area (Å²) in [4.78, 5) is 13.0. The number of carbonyl (C=O) groups excluding carboxylic acids is 1. The molecular formula is C10H14BrNO2S. The molecule has 0 atom stereocenters. The van der Waals surface area contributed by atoms with Crippen molar-refractivity contribution in [3.8, 4) is 0 Å². The molecular weight excluding hydrogens is 278 g/mol. The van der Waals surface area contributed by atoms with Crippen LogP contribution >= 0.6 is 27.3 Å². The zero-order valence-corrected chi connectivity index (χ0v) is 11.2. The summed E-state index contributed by atoms with van der Waals surface area (Å²) in [5.74, 6) is -0.143. The number of hydrogen-bond donors (Lipinski definition) is 0. The molecule has 1 aromatic rings. The molecule has 0 aliphatic heterocycles. The van der Waals surface area contributed by atoms with Crippen LogP contribution in [0.5, 0.6) is 0 Å². The number of nitrogens with zero attached hydrogens (tertiary/aromatic N) is 1. The van der Waals surface area contributed by atoms with Crippen molar-refractivity contribution >= 4 is 38.2 Å². The van der Waals surface area contributed by atoms with Gasteiger partial charge in [0.25, 0.3) is 0 Å². The Hall–Kier alpha value is -0.550. The first-order valence-electron chi connectivity index (χ1n) is 4.65. The molecule has 0 aliphatic carbocycles. The summed E-state index contributed by atoms with van der Waals surface area (Å²) >= 11 is 5.10. The van der Waals surface area contributed by atoms with E-state index in [1.165, 1.54) is 12.1 Å². The maximum absolute atomic E-state index is 10.9. The Morgan fingerprint density at radius 3 is 2.93 bits per heavy atom. The van der Waals surface area contributed by atoms with Crippen molar-refractivity contribution in [3.05, 3.63) is 15.9 Å². The predicted octanol–water partition coefficient (Wildman–Crippen LogP) is 2.90. The van der Waals surface area contributed by atoms with Crippen molar-refractivity contribution in [1.29, 1.82) is 0 Å². The quantitative estimate of drug-likeness (QED) is 0.782. The van der Waals surface area contributed by atoms with Crippen LogP contribution in [0.3, 0.4) is 0 Å². The van der Waals surface area contributed by atoms with Gasteiger partial charge in [-0.3, -0.25) is 4.79 Å². The highest BCUT2D eigenvalue weighted by molar-refractivity contribution is 9.10. The van der Waals surface area contributed by atoms with Gasteiger partial charge >= 0.3 is 5.97 Å². The lowest BCUT2D eigenvalue weighted by atomic mass is 10.3. The van der Waals surface area contributed by atoms with Crippen molar-refractivity contribution in [2.45, 2.75) is 12.8 Å². The van der Waals surface area contributed by atoms with Crippen molar-refractivity contribution in [2.24, 2.45) is 0 Å². The molecule has 15 heavy (non-hydrogen) atoms. The van der Waals surface area contributed by atoms with Gasteiger partial charge in [-0.25, -0.2) is 0 Å². The number of ether oxygens (including phenoxy) is 1. The van der Waals surface area contributed by atoms with Crippen LogP contribution in [0.2, 0.25) is 0 Å². The van der Waals surface area contributed by atoms with Crippen molar-refractivity contribution in [2.75, 3.05) is 25.6 Å². The Labute approximate surface area is 102 Å². The van der Waals surface area contributed by atoms with Gasteiger partial charge in [-0.2, -0.15) is 0 Å². The maximum Gasteiger partial charge on any atom is 0.305 e. The Morgan fingerprint density at radius 2 is 2.40 bits per heavy atom. The van der Waals surface area contributed by atoms with E-state index in [0.717, 1.165) is 17.4 Å². The van der Waals surface area contributed by atoms with Gasteiger partial charge in [-0.05, 0) is 28.4 Å². The second-order valence-electron chi connectivity index (χ2n) is 3.20. The fourth-order valence-corrected chi connectivity index (χ4v) is 2.59. The molecule has 0 aliphatic rings. The lowest BCUT2D eigenvalue weighted by molar-refractivity contribution is -0.140. The Bertz CT molecular complexity index is 327. The average molecular weight is 292 g/mol. The Kier molecular flexibility index (Phi) is 5.11. The highest BCUT2D eigenvalue weighted by Gasteiger charge is 2.05. The van der Waals surface area contributed by atoms with Crippen LogP contribution in [0.4, 0.5) is 5.00 Å². The zero-order chi connectivity index (χ0) is 11.3. The first-order valence-corrected chi connectivity index (χ1v) is 6.32. The van der Waals surface area contributed by atoms with Crippen LogP contribution in [-0.4, -0.2) is 26.7 Å². The normalized spacial score (nSPS) is 10.1. The molecule has 0 spiro atoms. The SMILES string of the molecule is COC(=O)CCCN(C)c1cc(Br)cs1. The van der Waals surface area contributed by atoms with Gasteiger partial charge in [0, 0.05) is 29.9 Å². The van der Waals surface area contributed by atoms with E-state index in [-0.39, 0.29) is 5.97 Å². The van der Waals surface area contributed by atoms with Crippen LogP contribution in [-0.2, 0) is 9.53 Å². The number of halogens is 1. The van der Waals surface area contributed by atoms with E-state index in [1.807, 2.05) is 12.4 Å². The summed E-state index contributed by atoms with van der Waals surface area (Å²) in [6.07, 6.45) is 1.30. The van der Waals surface area contributed by atoms with Gasteiger partial charge in [0.15, 0.2) is 0 Å². The summed E-state index contributed by atoms with van der Waals surface area (Å²) in [6.45, 7) is 0.863. The fraction of sp³-hybridized carbons (Fsp3) is 0.500. The number of thiophene rings is 1. The Morgan fingerprint density at radius 1 is 1.67 bits per heavy atom. The van der Waals surface area contributed by atoms with Gasteiger partial charge in [0.1, 0.15) is 0 Å². The number of methoxy groups -OCH3 is 1. The van der Waals surface area contributed by atoms with Gasteiger partial charge in [-0.15, -0.1) is 11.3 Å². The van der Waals surface area contributed by atoms with Crippen LogP contribution in [0.15, 0.2) is 15.9 Å². The van der Waals surface area contributed by atoms with Crippen molar-refractivity contribution in [1.82, 2.24) is 0 Å². The maximum atomic E-state index is 10.9. The third-order valence-corrected chi connectivity index (χ3v) is 3.84. The molecule has 0 amide bonds. The van der Waals surface area contributed by atoms with Gasteiger partial charge in [0.2, 0.25) is 0 Å². The molecule has 0 saturated heterocycles. The minimum atomic E-state index is -0.143. The summed E-state index contributed by atoms with van der Waals surface area (Å²) in [5, 5.41) is 3.25. The molecule has 0 fully saturated rings. The molecule has 0 N–H and O–H groups in total. The second kappa shape index (κ2) is 6.12. The summed E-state index contributed by atoms with van der Waals surface area (Å²) in [7, 11) is 3.44. The third kappa shape index (κ3) is 4.22. The van der Waals surface area contributed by atoms with Crippen molar-refractivity contribution < 1.29 is 9.53 Å². The topological polar surface area (TPSA) is 29.5 Å². The number of esters is 1. The van der Waals surface area contributed by atoms with E-state index >= 15 is 0 Å². The Balaban J connectivity index is 2.30. The molecule has 0 unspecified atom stereocenters. The van der Waals surface area contributed by atoms with E-state index in [0.29, 0.717) is 6.42 Å². The zero-order valence-electron chi connectivity index (χ0n) is 8.83. The van der Waals surface area contributed by atoms with E-state index in [4.69, 9.17) is 0 Å². The highest BCUT2D eigenvalue weighted by atomic mass is 79.9. The minimum absolute atomic E-state index is 0.143. The lowest BCUT2D eigenvalue weighted by Gasteiger charge is -2.16. The summed E-state index contributed by atoms with van der Waals surface area (Å²) in [5.41, 5.74) is 0. The van der Waals surface area contributed by atoms with E-state index in [2.05, 4.69) is 31.6 Å². The molecule has 1 rings (SSSR count). The number of hydrogen-bond acceptors (Lipinski definition) is 4. The van der Waals surface area contributed by atoms with Crippen LogP contribution in [0, 0.1) is 0 Å². The van der Waals surface area contributed by atoms with Gasteiger partial charge < -0.3 is 9.64 Å². The minimum Gasteiger partial charge on any atom is -0.469 e. The molecule has 5 heteroatoms. The highest BCUT2D eigenvalue weighted by Crippen LogP contribution is 2.27. The molecule has 0 radical (unpaired) electrons. The largest absolute Gasteiger partial charge is 0.469 e. The standard InChI is InChI=1S/C10H14BrNO2S/c1-12(5-3-4-10(13)14-2)9-6-8(11)7-15-9/h6-7H,3-5H2,1-2H3. The van der Waals surface area contributed by atoms with E-state index in [1.54, 1.807) is 11.3 Å². The second-order valence-corrected chi connectivity index (χ2v) is 5.01. The molecule has 0 aromatic carbocycles. The van der Waals surface area contributed by atoms with Crippen LogP contribution in [0.1, 0.15) is 12.8 Å². The van der Waals surface area contributed by atoms with E-state index in [9.17, 15) is 4.79 Å². The van der Waals surface area contributed by atoms with Crippen molar-refractivity contribution in [3.63, 3.8) is 0 Å². The number of rotatable bonds is 5. The monoisotopic (exact) mass is 291 g/mol. The average Bonchev–Trinajstić information content (AvgIpc) is 2.64. The van der Waals surface area contributed by atoms with Gasteiger partial charge in [-0.1, -0.05) is 0 Å². The summed E-state index contributed by atoms with van der Waals surface area (Å²) < 4.78 is 5.68. The molecule has 1 aromatic heterocycles. The fourth-order valence-electron chi connectivity index (χ4n) is 1.18. The number of carbonyl (C=O) groups is 1. The summed E-state index contributed by atoms with van der Waals surface area (Å²) in [6, 6.07) is 2.07. The number of anilines is 1. The molecule has 3 nitrogen and oxygen atoms in total. The molecule has 0 saturated carbocycles. The third-order valence-electron chi connectivity index (χ3n) is 2.03. The lowest BCUT2D eigenvalue weighted by Crippen LogP contribution is -2.18. The molecule has 1 heterocycles. The first kappa shape index (κ1) is 12.5. The first-order chi connectivity index (χ1) is 7.13. The molecule has 0 bridgehead atoms. The smallest absolute Gasteiger partial charge is 0.305 e. The molecule has 84 valence electrons. The van der Waals surface area contributed by atoms with E-state index < -0.39 is 0 Å². The predicted molar refractivity (Wildman–Crippen MR) is 66.5 cm³/mol.